The monoisotopic (exact) mass is 376 g/mol. The van der Waals surface area contributed by atoms with Gasteiger partial charge in [0.2, 0.25) is 11.8 Å². The highest BCUT2D eigenvalue weighted by atomic mass is 79.9. The highest BCUT2D eigenvalue weighted by molar-refractivity contribution is 9.10. The van der Waals surface area contributed by atoms with Crippen LogP contribution in [0.5, 0.6) is 0 Å². The molecule has 3 heterocycles. The van der Waals surface area contributed by atoms with Crippen LogP contribution in [0.15, 0.2) is 33.2 Å². The molecule has 23 heavy (non-hydrogen) atoms. The number of hydrogen-bond donors (Lipinski definition) is 0. The van der Waals surface area contributed by atoms with Gasteiger partial charge in [-0.05, 0) is 37.1 Å². The number of hydrogen-bond acceptors (Lipinski definition) is 5. The van der Waals surface area contributed by atoms with Crippen molar-refractivity contribution in [2.75, 3.05) is 6.54 Å². The van der Waals surface area contributed by atoms with Crippen LogP contribution in [0.3, 0.4) is 0 Å². The summed E-state index contributed by atoms with van der Waals surface area (Å²) in [5.41, 5.74) is 0.784. The van der Waals surface area contributed by atoms with Gasteiger partial charge < -0.3 is 9.32 Å². The minimum Gasteiger partial charge on any atom is -0.419 e. The quantitative estimate of drug-likeness (QED) is 0.768. The second kappa shape index (κ2) is 5.45. The van der Waals surface area contributed by atoms with Crippen LogP contribution in [0.2, 0.25) is 0 Å². The molecular formula is C15H13BrN4O3. The molecule has 2 aliphatic rings. The first-order chi connectivity index (χ1) is 11.1. The van der Waals surface area contributed by atoms with E-state index in [9.17, 15) is 9.59 Å². The lowest BCUT2D eigenvalue weighted by Gasteiger charge is -2.13. The zero-order valence-corrected chi connectivity index (χ0v) is 13.7. The van der Waals surface area contributed by atoms with Gasteiger partial charge in [-0.3, -0.25) is 9.69 Å². The summed E-state index contributed by atoms with van der Waals surface area (Å²) in [6.45, 7) is 0.661. The zero-order valence-electron chi connectivity index (χ0n) is 12.1. The van der Waals surface area contributed by atoms with Gasteiger partial charge in [0.15, 0.2) is 0 Å². The lowest BCUT2D eigenvalue weighted by molar-refractivity contribution is -0.128. The normalized spacial score (nSPS) is 20.5. The number of fused-ring (bicyclic) bond motifs is 1. The maximum Gasteiger partial charge on any atom is 0.327 e. The van der Waals surface area contributed by atoms with Crippen molar-refractivity contribution in [3.8, 4) is 11.5 Å². The van der Waals surface area contributed by atoms with Crippen LogP contribution in [0.1, 0.15) is 18.7 Å². The fourth-order valence-electron chi connectivity index (χ4n) is 2.99. The summed E-state index contributed by atoms with van der Waals surface area (Å²) < 4.78 is 6.54. The van der Waals surface area contributed by atoms with E-state index < -0.39 is 0 Å². The summed E-state index contributed by atoms with van der Waals surface area (Å²) in [5.74, 6) is 0.453. The van der Waals surface area contributed by atoms with E-state index in [1.807, 2.05) is 24.3 Å². The lowest BCUT2D eigenvalue weighted by atomic mass is 10.2. The van der Waals surface area contributed by atoms with Gasteiger partial charge in [-0.1, -0.05) is 15.9 Å². The number of aromatic nitrogens is 2. The summed E-state index contributed by atoms with van der Waals surface area (Å²) in [5, 5.41) is 7.93. The number of amides is 3. The standard InChI is InChI=1S/C15H13BrN4O3/c16-10-5-3-9(4-6-10)13-18-17-12(23-13)8-20-14(21)11-2-1-7-19(11)15(20)22/h3-6,11H,1-2,7-8H2/t11-/m1/s1. The maximum absolute atomic E-state index is 12.3. The third kappa shape index (κ3) is 2.42. The van der Waals surface area contributed by atoms with E-state index >= 15 is 0 Å². The van der Waals surface area contributed by atoms with Crippen LogP contribution in [0, 0.1) is 0 Å². The lowest BCUT2D eigenvalue weighted by Crippen LogP contribution is -2.32. The first kappa shape index (κ1) is 14.4. The number of urea groups is 1. The smallest absolute Gasteiger partial charge is 0.327 e. The number of rotatable bonds is 3. The molecule has 1 atom stereocenters. The molecule has 0 spiro atoms. The van der Waals surface area contributed by atoms with Gasteiger partial charge >= 0.3 is 6.03 Å². The molecule has 2 saturated heterocycles. The number of carbonyl (C=O) groups is 2. The van der Waals surface area contributed by atoms with Crippen molar-refractivity contribution in [3.63, 3.8) is 0 Å². The Hall–Kier alpha value is -2.22. The minimum absolute atomic E-state index is 0.0220. The molecule has 0 N–H and O–H groups in total. The van der Waals surface area contributed by atoms with E-state index in [1.165, 1.54) is 4.90 Å². The van der Waals surface area contributed by atoms with E-state index in [0.29, 0.717) is 12.4 Å². The number of imide groups is 1. The molecule has 0 saturated carbocycles. The molecule has 1 aromatic heterocycles. The third-order valence-corrected chi connectivity index (χ3v) is 4.66. The first-order valence-corrected chi connectivity index (χ1v) is 8.13. The molecule has 0 aliphatic carbocycles. The number of halogens is 1. The molecule has 2 aliphatic heterocycles. The van der Waals surface area contributed by atoms with Crippen molar-refractivity contribution >= 4 is 27.9 Å². The second-order valence-electron chi connectivity index (χ2n) is 5.57. The SMILES string of the molecule is O=C1[C@H]2CCCN2C(=O)N1Cc1nnc(-c2ccc(Br)cc2)o1. The number of nitrogens with zero attached hydrogens (tertiary/aromatic N) is 4. The van der Waals surface area contributed by atoms with Crippen molar-refractivity contribution in [2.45, 2.75) is 25.4 Å². The zero-order chi connectivity index (χ0) is 16.0. The Morgan fingerprint density at radius 3 is 2.74 bits per heavy atom. The topological polar surface area (TPSA) is 79.5 Å². The van der Waals surface area contributed by atoms with Gasteiger partial charge in [0.05, 0.1) is 0 Å². The predicted molar refractivity (Wildman–Crippen MR) is 83.1 cm³/mol. The fourth-order valence-corrected chi connectivity index (χ4v) is 3.25. The molecule has 3 amide bonds. The molecule has 0 radical (unpaired) electrons. The van der Waals surface area contributed by atoms with Crippen molar-refractivity contribution in [2.24, 2.45) is 0 Å². The van der Waals surface area contributed by atoms with Crippen molar-refractivity contribution < 1.29 is 14.0 Å². The van der Waals surface area contributed by atoms with Crippen LogP contribution in [-0.2, 0) is 11.3 Å². The predicted octanol–water partition coefficient (Wildman–Crippen LogP) is 2.43. The highest BCUT2D eigenvalue weighted by Gasteiger charge is 2.47. The Kier molecular flexibility index (Phi) is 3.41. The Morgan fingerprint density at radius 1 is 1.22 bits per heavy atom. The largest absolute Gasteiger partial charge is 0.419 e. The average molecular weight is 377 g/mol. The van der Waals surface area contributed by atoms with Gasteiger partial charge in [-0.25, -0.2) is 4.79 Å². The van der Waals surface area contributed by atoms with Crippen LogP contribution in [0.25, 0.3) is 11.5 Å². The van der Waals surface area contributed by atoms with E-state index in [1.54, 1.807) is 4.90 Å². The Morgan fingerprint density at radius 2 is 2.00 bits per heavy atom. The van der Waals surface area contributed by atoms with E-state index in [0.717, 1.165) is 22.9 Å². The van der Waals surface area contributed by atoms with Crippen LogP contribution < -0.4 is 0 Å². The molecule has 0 bridgehead atoms. The summed E-state index contributed by atoms with van der Waals surface area (Å²) in [4.78, 5) is 27.4. The second-order valence-corrected chi connectivity index (χ2v) is 6.48. The Bertz CT molecular complexity index is 751. The molecule has 0 unspecified atom stereocenters. The Labute approximate surface area is 140 Å². The number of carbonyl (C=O) groups excluding carboxylic acids is 2. The summed E-state index contributed by atoms with van der Waals surface area (Å²) in [7, 11) is 0. The average Bonchev–Trinajstić information content (AvgIpc) is 3.25. The first-order valence-electron chi connectivity index (χ1n) is 7.34. The van der Waals surface area contributed by atoms with E-state index in [-0.39, 0.29) is 30.4 Å². The molecule has 2 fully saturated rings. The van der Waals surface area contributed by atoms with E-state index in [4.69, 9.17) is 4.42 Å². The summed E-state index contributed by atoms with van der Waals surface area (Å²) in [6.07, 6.45) is 1.61. The molecule has 1 aromatic carbocycles. The fraction of sp³-hybridized carbons (Fsp3) is 0.333. The maximum atomic E-state index is 12.3. The van der Waals surface area contributed by atoms with Crippen LogP contribution >= 0.6 is 15.9 Å². The summed E-state index contributed by atoms with van der Waals surface area (Å²) in [6, 6.07) is 6.88. The Balaban J connectivity index is 1.53. The highest BCUT2D eigenvalue weighted by Crippen LogP contribution is 2.29. The van der Waals surface area contributed by atoms with Crippen molar-refractivity contribution in [1.82, 2.24) is 20.0 Å². The van der Waals surface area contributed by atoms with Crippen LogP contribution in [0.4, 0.5) is 4.79 Å². The number of benzene rings is 1. The third-order valence-electron chi connectivity index (χ3n) is 4.13. The molecule has 118 valence electrons. The van der Waals surface area contributed by atoms with Crippen molar-refractivity contribution in [1.29, 1.82) is 0 Å². The molecule has 8 heteroatoms. The molecule has 2 aromatic rings. The van der Waals surface area contributed by atoms with Gasteiger partial charge in [0.1, 0.15) is 12.6 Å². The summed E-state index contributed by atoms with van der Waals surface area (Å²) >= 11 is 3.37. The molecule has 7 nitrogen and oxygen atoms in total. The van der Waals surface area contributed by atoms with Gasteiger partial charge in [-0.2, -0.15) is 0 Å². The van der Waals surface area contributed by atoms with Gasteiger partial charge in [0.25, 0.3) is 5.91 Å². The van der Waals surface area contributed by atoms with Crippen molar-refractivity contribution in [3.05, 3.63) is 34.6 Å². The van der Waals surface area contributed by atoms with Gasteiger partial charge in [0, 0.05) is 16.6 Å². The minimum atomic E-state index is -0.309. The van der Waals surface area contributed by atoms with Crippen LogP contribution in [-0.4, -0.2) is 44.5 Å². The van der Waals surface area contributed by atoms with Gasteiger partial charge in [-0.15, -0.1) is 10.2 Å². The molecule has 4 rings (SSSR count). The van der Waals surface area contributed by atoms with E-state index in [2.05, 4.69) is 26.1 Å². The molecular weight excluding hydrogens is 364 g/mol.